The molecular weight excluding hydrogens is 196 g/mol. The van der Waals surface area contributed by atoms with Gasteiger partial charge < -0.3 is 5.11 Å². The van der Waals surface area contributed by atoms with E-state index in [9.17, 15) is 5.11 Å². The second kappa shape index (κ2) is 6.29. The van der Waals surface area contributed by atoms with E-state index in [1.165, 1.54) is 0 Å². The van der Waals surface area contributed by atoms with Gasteiger partial charge in [0.25, 0.3) is 0 Å². The molecule has 1 unspecified atom stereocenters. The van der Waals surface area contributed by atoms with Gasteiger partial charge >= 0.3 is 0 Å². The molecule has 0 radical (unpaired) electrons. The van der Waals surface area contributed by atoms with Crippen molar-refractivity contribution >= 4 is 12.2 Å². The Morgan fingerprint density at radius 2 is 1.94 bits per heavy atom. The normalized spacial score (nSPS) is 12.1. The van der Waals surface area contributed by atoms with Crippen molar-refractivity contribution in [2.24, 2.45) is 0 Å². The van der Waals surface area contributed by atoms with Crippen LogP contribution in [0.1, 0.15) is 36.5 Å². The van der Waals surface area contributed by atoms with Gasteiger partial charge in [-0.25, -0.2) is 0 Å². The number of hydrogen-bond acceptors (Lipinski definition) is 1. The highest BCUT2D eigenvalue weighted by Gasteiger charge is 2.05. The third-order valence-corrected chi connectivity index (χ3v) is 2.68. The topological polar surface area (TPSA) is 20.2 Å². The van der Waals surface area contributed by atoms with Crippen molar-refractivity contribution in [3.8, 4) is 0 Å². The highest BCUT2D eigenvalue weighted by molar-refractivity contribution is 5.64. The molecule has 0 amide bonds. The fraction of sp³-hybridized carbons (Fsp3) is 0.333. The molecule has 0 spiro atoms. The Bertz CT molecular complexity index is 366. The first kappa shape index (κ1) is 12.7. The van der Waals surface area contributed by atoms with E-state index in [0.717, 1.165) is 29.5 Å². The molecule has 0 aromatic heterocycles. The van der Waals surface area contributed by atoms with Crippen molar-refractivity contribution in [2.75, 3.05) is 0 Å². The Labute approximate surface area is 98.1 Å². The average molecular weight is 216 g/mol. The van der Waals surface area contributed by atoms with Crippen LogP contribution >= 0.6 is 0 Å². The summed E-state index contributed by atoms with van der Waals surface area (Å²) in [6.07, 6.45) is 5.99. The molecule has 0 heterocycles. The zero-order valence-corrected chi connectivity index (χ0v) is 9.95. The van der Waals surface area contributed by atoms with Gasteiger partial charge in [0.05, 0.1) is 6.10 Å². The maximum atomic E-state index is 9.75. The standard InChI is InChI=1S/C15H20O/c1-4-7-15(16)11-12-8-9-13(5-2)14(6-3)10-12/h5-6,8-10,15-16H,2-4,7,11H2,1H3. The molecule has 0 aliphatic carbocycles. The molecule has 0 aliphatic heterocycles. The fourth-order valence-electron chi connectivity index (χ4n) is 1.82. The molecule has 0 fully saturated rings. The van der Waals surface area contributed by atoms with Crippen LogP contribution in [0.2, 0.25) is 0 Å². The van der Waals surface area contributed by atoms with Crippen molar-refractivity contribution in [1.82, 2.24) is 0 Å². The molecule has 1 aromatic carbocycles. The van der Waals surface area contributed by atoms with Crippen LogP contribution < -0.4 is 0 Å². The van der Waals surface area contributed by atoms with E-state index in [2.05, 4.69) is 26.1 Å². The summed E-state index contributed by atoms with van der Waals surface area (Å²) >= 11 is 0. The predicted octanol–water partition coefficient (Wildman–Crippen LogP) is 3.68. The van der Waals surface area contributed by atoms with E-state index in [0.29, 0.717) is 6.42 Å². The summed E-state index contributed by atoms with van der Waals surface area (Å²) in [7, 11) is 0. The zero-order chi connectivity index (χ0) is 12.0. The molecule has 1 rings (SSSR count). The molecule has 86 valence electrons. The van der Waals surface area contributed by atoms with Crippen LogP contribution in [0.15, 0.2) is 31.4 Å². The number of aliphatic hydroxyl groups is 1. The molecule has 0 bridgehead atoms. The molecule has 1 heteroatoms. The summed E-state index contributed by atoms with van der Waals surface area (Å²) in [4.78, 5) is 0. The van der Waals surface area contributed by atoms with E-state index in [1.54, 1.807) is 0 Å². The molecule has 16 heavy (non-hydrogen) atoms. The first-order valence-corrected chi connectivity index (χ1v) is 5.77. The lowest BCUT2D eigenvalue weighted by Gasteiger charge is -2.10. The maximum Gasteiger partial charge on any atom is 0.0580 e. The van der Waals surface area contributed by atoms with Crippen LogP contribution in [-0.2, 0) is 6.42 Å². The van der Waals surface area contributed by atoms with Crippen LogP contribution in [0.3, 0.4) is 0 Å². The highest BCUT2D eigenvalue weighted by Crippen LogP contribution is 2.16. The molecule has 0 saturated carbocycles. The van der Waals surface area contributed by atoms with E-state index < -0.39 is 0 Å². The second-order valence-electron chi connectivity index (χ2n) is 4.02. The second-order valence-corrected chi connectivity index (χ2v) is 4.02. The van der Waals surface area contributed by atoms with Gasteiger partial charge in [0.1, 0.15) is 0 Å². The molecule has 1 N–H and O–H groups in total. The van der Waals surface area contributed by atoms with E-state index in [-0.39, 0.29) is 6.10 Å². The third kappa shape index (κ3) is 3.35. The van der Waals surface area contributed by atoms with Crippen LogP contribution in [-0.4, -0.2) is 11.2 Å². The highest BCUT2D eigenvalue weighted by atomic mass is 16.3. The SMILES string of the molecule is C=Cc1ccc(CC(O)CCC)cc1C=C. The van der Waals surface area contributed by atoms with Gasteiger partial charge in [-0.05, 0) is 29.5 Å². The predicted molar refractivity (Wildman–Crippen MR) is 71.2 cm³/mol. The largest absolute Gasteiger partial charge is 0.393 e. The first-order valence-electron chi connectivity index (χ1n) is 5.77. The smallest absolute Gasteiger partial charge is 0.0580 e. The summed E-state index contributed by atoms with van der Waals surface area (Å²) in [5.74, 6) is 0. The van der Waals surface area contributed by atoms with Crippen LogP contribution in [0.25, 0.3) is 12.2 Å². The summed E-state index contributed by atoms with van der Waals surface area (Å²) in [5, 5.41) is 9.75. The van der Waals surface area contributed by atoms with Gasteiger partial charge in [0.2, 0.25) is 0 Å². The minimum absolute atomic E-state index is 0.239. The van der Waals surface area contributed by atoms with Crippen molar-refractivity contribution in [3.05, 3.63) is 48.0 Å². The molecule has 0 aliphatic rings. The number of benzene rings is 1. The maximum absolute atomic E-state index is 9.75. The average Bonchev–Trinajstić information content (AvgIpc) is 2.29. The minimum atomic E-state index is -0.239. The molecule has 1 aromatic rings. The van der Waals surface area contributed by atoms with E-state index >= 15 is 0 Å². The molecule has 0 saturated heterocycles. The van der Waals surface area contributed by atoms with Gasteiger partial charge in [-0.3, -0.25) is 0 Å². The Kier molecular flexibility index (Phi) is 5.00. The molecule has 1 atom stereocenters. The summed E-state index contributed by atoms with van der Waals surface area (Å²) in [6, 6.07) is 6.14. The van der Waals surface area contributed by atoms with Crippen molar-refractivity contribution in [2.45, 2.75) is 32.3 Å². The van der Waals surface area contributed by atoms with Crippen LogP contribution in [0.5, 0.6) is 0 Å². The van der Waals surface area contributed by atoms with E-state index in [4.69, 9.17) is 0 Å². The minimum Gasteiger partial charge on any atom is -0.393 e. The lowest BCUT2D eigenvalue weighted by molar-refractivity contribution is 0.164. The van der Waals surface area contributed by atoms with Crippen molar-refractivity contribution in [3.63, 3.8) is 0 Å². The van der Waals surface area contributed by atoms with Crippen molar-refractivity contribution in [1.29, 1.82) is 0 Å². The lowest BCUT2D eigenvalue weighted by Crippen LogP contribution is -2.09. The summed E-state index contributed by atoms with van der Waals surface area (Å²) in [6.45, 7) is 9.63. The first-order chi connectivity index (χ1) is 7.71. The zero-order valence-electron chi connectivity index (χ0n) is 9.95. The number of hydrogen-bond donors (Lipinski definition) is 1. The summed E-state index contributed by atoms with van der Waals surface area (Å²) < 4.78 is 0. The third-order valence-electron chi connectivity index (χ3n) is 2.68. The quantitative estimate of drug-likeness (QED) is 0.769. The van der Waals surface area contributed by atoms with Gasteiger partial charge in [-0.2, -0.15) is 0 Å². The Hall–Kier alpha value is -1.34. The monoisotopic (exact) mass is 216 g/mol. The van der Waals surface area contributed by atoms with E-state index in [1.807, 2.05) is 24.3 Å². The summed E-state index contributed by atoms with van der Waals surface area (Å²) in [5.41, 5.74) is 3.32. The fourth-order valence-corrected chi connectivity index (χ4v) is 1.82. The number of aliphatic hydroxyl groups excluding tert-OH is 1. The van der Waals surface area contributed by atoms with Crippen LogP contribution in [0, 0.1) is 0 Å². The number of rotatable bonds is 6. The Balaban J connectivity index is 2.82. The molecular formula is C15H20O. The Morgan fingerprint density at radius 1 is 1.25 bits per heavy atom. The Morgan fingerprint density at radius 3 is 2.50 bits per heavy atom. The van der Waals surface area contributed by atoms with Gasteiger partial charge in [0, 0.05) is 0 Å². The van der Waals surface area contributed by atoms with Gasteiger partial charge in [-0.1, -0.05) is 56.9 Å². The van der Waals surface area contributed by atoms with Crippen molar-refractivity contribution < 1.29 is 5.11 Å². The van der Waals surface area contributed by atoms with Gasteiger partial charge in [0.15, 0.2) is 0 Å². The molecule has 1 nitrogen and oxygen atoms in total. The van der Waals surface area contributed by atoms with Crippen LogP contribution in [0.4, 0.5) is 0 Å². The van der Waals surface area contributed by atoms with Gasteiger partial charge in [-0.15, -0.1) is 0 Å². The lowest BCUT2D eigenvalue weighted by atomic mass is 9.99.